The van der Waals surface area contributed by atoms with Gasteiger partial charge < -0.3 is 10.0 Å². The third-order valence-electron chi connectivity index (χ3n) is 5.05. The number of anilines is 1. The van der Waals surface area contributed by atoms with E-state index >= 15 is 0 Å². The predicted molar refractivity (Wildman–Crippen MR) is 80.4 cm³/mol. The Bertz CT molecular complexity index is 532. The molecule has 2 fully saturated rings. The molecule has 1 N–H and O–H groups in total. The van der Waals surface area contributed by atoms with Gasteiger partial charge in [-0.1, -0.05) is 19.3 Å². The second kappa shape index (κ2) is 5.28. The van der Waals surface area contributed by atoms with Crippen molar-refractivity contribution in [1.82, 2.24) is 9.97 Å². The zero-order valence-electron chi connectivity index (χ0n) is 12.8. The molecule has 2 heterocycles. The Kier molecular flexibility index (Phi) is 3.59. The first-order chi connectivity index (χ1) is 10.00. The molecule has 0 amide bonds. The second-order valence-corrected chi connectivity index (χ2v) is 6.65. The number of aliphatic carboxylic acids is 1. The normalized spacial score (nSPS) is 24.5. The average molecular weight is 289 g/mol. The molecule has 114 valence electrons. The van der Waals surface area contributed by atoms with Gasteiger partial charge in [0.15, 0.2) is 0 Å². The molecule has 2 aliphatic rings. The van der Waals surface area contributed by atoms with Crippen LogP contribution in [-0.2, 0) is 4.79 Å². The van der Waals surface area contributed by atoms with Crippen molar-refractivity contribution in [2.75, 3.05) is 18.0 Å². The van der Waals surface area contributed by atoms with Gasteiger partial charge in [0.1, 0.15) is 0 Å². The first kappa shape index (κ1) is 14.3. The highest BCUT2D eigenvalue weighted by Gasteiger charge is 2.51. The van der Waals surface area contributed by atoms with Crippen LogP contribution >= 0.6 is 0 Å². The minimum absolute atomic E-state index is 0.0783. The van der Waals surface area contributed by atoms with Crippen molar-refractivity contribution in [2.24, 2.45) is 11.3 Å². The molecule has 5 nitrogen and oxygen atoms in total. The Morgan fingerprint density at radius 3 is 2.43 bits per heavy atom. The van der Waals surface area contributed by atoms with Gasteiger partial charge in [0, 0.05) is 29.9 Å². The van der Waals surface area contributed by atoms with Crippen LogP contribution in [0.3, 0.4) is 0 Å². The topological polar surface area (TPSA) is 66.3 Å². The molecule has 21 heavy (non-hydrogen) atoms. The standard InChI is InChI=1S/C16H23N3O2/c1-11-8-12(2)18-15(17-11)19-9-13(14(20)21)16(10-19)6-4-3-5-7-16/h8,13H,3-7,9-10H2,1-2H3,(H,20,21)/t13-/m0/s1. The summed E-state index contributed by atoms with van der Waals surface area (Å²) in [5, 5.41) is 9.64. The van der Waals surface area contributed by atoms with Crippen LogP contribution in [0.4, 0.5) is 5.95 Å². The molecule has 1 atom stereocenters. The van der Waals surface area contributed by atoms with Gasteiger partial charge in [0.25, 0.3) is 0 Å². The zero-order chi connectivity index (χ0) is 15.0. The summed E-state index contributed by atoms with van der Waals surface area (Å²) in [4.78, 5) is 22.8. The molecule has 0 unspecified atom stereocenters. The van der Waals surface area contributed by atoms with E-state index in [1.165, 1.54) is 6.42 Å². The molecule has 3 rings (SSSR count). The number of nitrogens with zero attached hydrogens (tertiary/aromatic N) is 3. The summed E-state index contributed by atoms with van der Waals surface area (Å²) in [6, 6.07) is 1.95. The van der Waals surface area contributed by atoms with Crippen LogP contribution in [0.5, 0.6) is 0 Å². The minimum atomic E-state index is -0.663. The fourth-order valence-corrected chi connectivity index (χ4v) is 4.07. The Morgan fingerprint density at radius 1 is 1.24 bits per heavy atom. The molecule has 1 spiro atoms. The molecule has 1 saturated heterocycles. The summed E-state index contributed by atoms with van der Waals surface area (Å²) in [6.07, 6.45) is 5.56. The van der Waals surface area contributed by atoms with Gasteiger partial charge in [-0.25, -0.2) is 9.97 Å². The van der Waals surface area contributed by atoms with Crippen LogP contribution in [0, 0.1) is 25.2 Å². The van der Waals surface area contributed by atoms with E-state index in [4.69, 9.17) is 0 Å². The highest BCUT2D eigenvalue weighted by molar-refractivity contribution is 5.73. The van der Waals surface area contributed by atoms with Crippen molar-refractivity contribution in [3.63, 3.8) is 0 Å². The SMILES string of the molecule is Cc1cc(C)nc(N2C[C@@H](C(=O)O)C3(CCCCC3)C2)n1. The summed E-state index contributed by atoms with van der Waals surface area (Å²) in [5.74, 6) is -0.257. The molecule has 0 bridgehead atoms. The lowest BCUT2D eigenvalue weighted by Gasteiger charge is -2.36. The highest BCUT2D eigenvalue weighted by Crippen LogP contribution is 2.48. The van der Waals surface area contributed by atoms with Gasteiger partial charge in [-0.15, -0.1) is 0 Å². The zero-order valence-corrected chi connectivity index (χ0v) is 12.8. The third kappa shape index (κ3) is 2.61. The lowest BCUT2D eigenvalue weighted by molar-refractivity contribution is -0.145. The third-order valence-corrected chi connectivity index (χ3v) is 5.05. The summed E-state index contributed by atoms with van der Waals surface area (Å²) in [6.45, 7) is 5.24. The van der Waals surface area contributed by atoms with E-state index < -0.39 is 5.97 Å². The molecule has 5 heteroatoms. The summed E-state index contributed by atoms with van der Waals surface area (Å²) in [5.41, 5.74) is 1.80. The molecular formula is C16H23N3O2. The van der Waals surface area contributed by atoms with Crippen LogP contribution in [0.1, 0.15) is 43.5 Å². The lowest BCUT2D eigenvalue weighted by Crippen LogP contribution is -2.36. The second-order valence-electron chi connectivity index (χ2n) is 6.65. The van der Waals surface area contributed by atoms with Gasteiger partial charge in [-0.2, -0.15) is 0 Å². The number of aromatic nitrogens is 2. The highest BCUT2D eigenvalue weighted by atomic mass is 16.4. The molecule has 0 aromatic carbocycles. The minimum Gasteiger partial charge on any atom is -0.481 e. The maximum Gasteiger partial charge on any atom is 0.308 e. The number of aryl methyl sites for hydroxylation is 2. The Labute approximate surface area is 125 Å². The fraction of sp³-hybridized carbons (Fsp3) is 0.688. The number of carboxylic acids is 1. The van der Waals surface area contributed by atoms with Gasteiger partial charge in [-0.05, 0) is 32.8 Å². The van der Waals surface area contributed by atoms with E-state index in [-0.39, 0.29) is 11.3 Å². The summed E-state index contributed by atoms with van der Waals surface area (Å²) >= 11 is 0. The van der Waals surface area contributed by atoms with Crippen LogP contribution in [-0.4, -0.2) is 34.1 Å². The summed E-state index contributed by atoms with van der Waals surface area (Å²) < 4.78 is 0. The first-order valence-corrected chi connectivity index (χ1v) is 7.80. The maximum absolute atomic E-state index is 11.7. The summed E-state index contributed by atoms with van der Waals surface area (Å²) in [7, 11) is 0. The number of rotatable bonds is 2. The van der Waals surface area contributed by atoms with Gasteiger partial charge in [-0.3, -0.25) is 4.79 Å². The molecule has 0 radical (unpaired) electrons. The molecule has 1 aromatic heterocycles. The van der Waals surface area contributed by atoms with Crippen molar-refractivity contribution in [3.8, 4) is 0 Å². The van der Waals surface area contributed by atoms with Crippen LogP contribution in [0.15, 0.2) is 6.07 Å². The van der Waals surface area contributed by atoms with Gasteiger partial charge in [0.2, 0.25) is 5.95 Å². The van der Waals surface area contributed by atoms with E-state index in [0.29, 0.717) is 12.5 Å². The largest absolute Gasteiger partial charge is 0.481 e. The van der Waals surface area contributed by atoms with Crippen molar-refractivity contribution in [1.29, 1.82) is 0 Å². The van der Waals surface area contributed by atoms with E-state index in [2.05, 4.69) is 14.9 Å². The monoisotopic (exact) mass is 289 g/mol. The smallest absolute Gasteiger partial charge is 0.308 e. The molecule has 1 aromatic rings. The van der Waals surface area contributed by atoms with Gasteiger partial charge in [0.05, 0.1) is 5.92 Å². The van der Waals surface area contributed by atoms with Crippen molar-refractivity contribution in [2.45, 2.75) is 46.0 Å². The Balaban J connectivity index is 1.90. The van der Waals surface area contributed by atoms with E-state index in [1.807, 2.05) is 19.9 Å². The molecule has 1 aliphatic carbocycles. The first-order valence-electron chi connectivity index (χ1n) is 7.80. The van der Waals surface area contributed by atoms with Crippen molar-refractivity contribution < 1.29 is 9.90 Å². The van der Waals surface area contributed by atoms with E-state index in [9.17, 15) is 9.90 Å². The van der Waals surface area contributed by atoms with E-state index in [1.54, 1.807) is 0 Å². The van der Waals surface area contributed by atoms with Crippen molar-refractivity contribution in [3.05, 3.63) is 17.5 Å². The van der Waals surface area contributed by atoms with Crippen LogP contribution < -0.4 is 4.90 Å². The predicted octanol–water partition coefficient (Wildman–Crippen LogP) is 2.56. The van der Waals surface area contributed by atoms with Crippen LogP contribution in [0.25, 0.3) is 0 Å². The number of carbonyl (C=O) groups is 1. The molecule has 1 aliphatic heterocycles. The van der Waals surface area contributed by atoms with Crippen molar-refractivity contribution >= 4 is 11.9 Å². The average Bonchev–Trinajstić information content (AvgIpc) is 2.78. The quantitative estimate of drug-likeness (QED) is 0.906. The molecule has 1 saturated carbocycles. The Morgan fingerprint density at radius 2 is 1.86 bits per heavy atom. The van der Waals surface area contributed by atoms with Crippen LogP contribution in [0.2, 0.25) is 0 Å². The van der Waals surface area contributed by atoms with Gasteiger partial charge >= 0.3 is 5.97 Å². The Hall–Kier alpha value is -1.65. The maximum atomic E-state index is 11.7. The lowest BCUT2D eigenvalue weighted by atomic mass is 9.68. The number of hydrogen-bond acceptors (Lipinski definition) is 4. The number of carboxylic acid groups (broad SMARTS) is 1. The number of hydrogen-bond donors (Lipinski definition) is 1. The van der Waals surface area contributed by atoms with E-state index in [0.717, 1.165) is 43.6 Å². The fourth-order valence-electron chi connectivity index (χ4n) is 4.07. The molecular weight excluding hydrogens is 266 g/mol.